The first-order chi connectivity index (χ1) is 15.8. The Morgan fingerprint density at radius 3 is 2.21 bits per heavy atom. The van der Waals surface area contributed by atoms with Crippen molar-refractivity contribution in [3.63, 3.8) is 0 Å². The summed E-state index contributed by atoms with van der Waals surface area (Å²) >= 11 is 0. The third-order valence-corrected chi connectivity index (χ3v) is 5.41. The van der Waals surface area contributed by atoms with Crippen molar-refractivity contribution in [1.82, 2.24) is 15.5 Å². The fraction of sp³-hybridized carbons (Fsp3) is 0.700. The molecule has 14 heteroatoms. The molecule has 1 saturated heterocycles. The van der Waals surface area contributed by atoms with Gasteiger partial charge in [0.15, 0.2) is 5.96 Å². The molecule has 34 heavy (non-hydrogen) atoms. The molecule has 4 unspecified atom stereocenters. The number of rotatable bonds is 13. The van der Waals surface area contributed by atoms with Gasteiger partial charge < -0.3 is 42.9 Å². The first kappa shape index (κ1) is 28.6. The summed E-state index contributed by atoms with van der Waals surface area (Å²) in [7, 11) is 0. The molecule has 1 aliphatic rings. The van der Waals surface area contributed by atoms with Gasteiger partial charge in [-0.25, -0.2) is 4.79 Å². The minimum Gasteiger partial charge on any atom is -0.481 e. The summed E-state index contributed by atoms with van der Waals surface area (Å²) in [5.74, 6) is -5.16. The highest BCUT2D eigenvalue weighted by molar-refractivity contribution is 5.95. The van der Waals surface area contributed by atoms with Crippen LogP contribution in [-0.4, -0.2) is 88.0 Å². The summed E-state index contributed by atoms with van der Waals surface area (Å²) in [6.07, 6.45) is 0.360. The fourth-order valence-electron chi connectivity index (χ4n) is 3.48. The van der Waals surface area contributed by atoms with Crippen molar-refractivity contribution < 1.29 is 34.2 Å². The van der Waals surface area contributed by atoms with Crippen molar-refractivity contribution in [2.45, 2.75) is 70.1 Å². The number of nitrogens with two attached hydrogens (primary N) is 3. The molecule has 1 aliphatic heterocycles. The monoisotopic (exact) mass is 485 g/mol. The van der Waals surface area contributed by atoms with E-state index in [4.69, 9.17) is 17.2 Å². The van der Waals surface area contributed by atoms with Crippen LogP contribution in [0.3, 0.4) is 0 Å². The molecule has 3 amide bonds. The number of carbonyl (C=O) groups excluding carboxylic acids is 3. The molecule has 1 fully saturated rings. The molecule has 0 radical (unpaired) electrons. The largest absolute Gasteiger partial charge is 0.481 e. The summed E-state index contributed by atoms with van der Waals surface area (Å²) in [6, 6.07) is -4.66. The maximum atomic E-state index is 13.1. The van der Waals surface area contributed by atoms with Gasteiger partial charge in [0.1, 0.15) is 18.1 Å². The van der Waals surface area contributed by atoms with Crippen molar-refractivity contribution in [3.05, 3.63) is 0 Å². The van der Waals surface area contributed by atoms with E-state index in [1.165, 1.54) is 4.90 Å². The van der Waals surface area contributed by atoms with Crippen molar-refractivity contribution in [3.8, 4) is 0 Å². The minimum absolute atomic E-state index is 0.0590. The second-order valence-corrected chi connectivity index (χ2v) is 8.47. The molecule has 10 N–H and O–H groups in total. The zero-order chi connectivity index (χ0) is 26.0. The van der Waals surface area contributed by atoms with Gasteiger partial charge in [0.25, 0.3) is 0 Å². The summed E-state index contributed by atoms with van der Waals surface area (Å²) < 4.78 is 0. The Kier molecular flexibility index (Phi) is 11.2. The van der Waals surface area contributed by atoms with E-state index in [1.54, 1.807) is 13.8 Å². The molecule has 0 aromatic heterocycles. The molecule has 0 saturated carbocycles. The fourth-order valence-corrected chi connectivity index (χ4v) is 3.48. The Labute approximate surface area is 197 Å². The van der Waals surface area contributed by atoms with Gasteiger partial charge in [-0.15, -0.1) is 0 Å². The Bertz CT molecular complexity index is 798. The maximum absolute atomic E-state index is 13.1. The van der Waals surface area contributed by atoms with E-state index in [-0.39, 0.29) is 44.2 Å². The number of carbonyl (C=O) groups is 5. The molecule has 0 spiro atoms. The van der Waals surface area contributed by atoms with Crippen LogP contribution in [0.4, 0.5) is 0 Å². The SMILES string of the molecule is CC(C)C(N)C(=O)NC(CC(=O)O)C(=O)NC(CCCN=C(N)N)C(=O)N1CCCC1C(=O)O. The zero-order valence-corrected chi connectivity index (χ0v) is 19.4. The van der Waals surface area contributed by atoms with Crippen molar-refractivity contribution in [2.75, 3.05) is 13.1 Å². The lowest BCUT2D eigenvalue weighted by molar-refractivity contribution is -0.149. The van der Waals surface area contributed by atoms with Gasteiger partial charge in [-0.3, -0.25) is 24.2 Å². The van der Waals surface area contributed by atoms with Crippen LogP contribution in [0.1, 0.15) is 46.0 Å². The van der Waals surface area contributed by atoms with Gasteiger partial charge in [0.05, 0.1) is 12.5 Å². The van der Waals surface area contributed by atoms with Crippen LogP contribution in [0.2, 0.25) is 0 Å². The number of hydrogen-bond donors (Lipinski definition) is 7. The number of carboxylic acid groups (broad SMARTS) is 2. The lowest BCUT2D eigenvalue weighted by atomic mass is 10.0. The lowest BCUT2D eigenvalue weighted by Crippen LogP contribution is -2.58. The summed E-state index contributed by atoms with van der Waals surface area (Å²) in [5.41, 5.74) is 16.4. The molecule has 1 rings (SSSR count). The standard InChI is InChI=1S/C20H35N7O7/c1-10(2)15(21)17(31)26-12(9-14(28)29)16(30)25-11(5-3-7-24-20(22)23)18(32)27-8-4-6-13(27)19(33)34/h10-13,15H,3-9,21H2,1-2H3,(H,25,30)(H,26,31)(H,28,29)(H,33,34)(H4,22,23,24). The van der Waals surface area contributed by atoms with Crippen LogP contribution in [-0.2, 0) is 24.0 Å². The molecule has 4 atom stereocenters. The van der Waals surface area contributed by atoms with Gasteiger partial charge in [0, 0.05) is 13.1 Å². The number of aliphatic imine (C=N–C) groups is 1. The van der Waals surface area contributed by atoms with E-state index in [9.17, 15) is 34.2 Å². The summed E-state index contributed by atoms with van der Waals surface area (Å²) in [4.78, 5) is 66.1. The van der Waals surface area contributed by atoms with Gasteiger partial charge in [-0.05, 0) is 31.6 Å². The summed E-state index contributed by atoms with van der Waals surface area (Å²) in [6.45, 7) is 3.74. The van der Waals surface area contributed by atoms with Gasteiger partial charge >= 0.3 is 11.9 Å². The number of amides is 3. The second-order valence-electron chi connectivity index (χ2n) is 8.47. The van der Waals surface area contributed by atoms with Crippen molar-refractivity contribution in [1.29, 1.82) is 0 Å². The quantitative estimate of drug-likeness (QED) is 0.0823. The average Bonchev–Trinajstić information content (AvgIpc) is 3.23. The number of guanidine groups is 1. The highest BCUT2D eigenvalue weighted by Gasteiger charge is 2.38. The van der Waals surface area contributed by atoms with E-state index in [2.05, 4.69) is 15.6 Å². The number of likely N-dealkylation sites (tertiary alicyclic amines) is 1. The first-order valence-electron chi connectivity index (χ1n) is 11.0. The molecule has 0 aliphatic carbocycles. The van der Waals surface area contributed by atoms with Crippen molar-refractivity contribution in [2.24, 2.45) is 28.1 Å². The Balaban J connectivity index is 3.05. The van der Waals surface area contributed by atoms with Crippen molar-refractivity contribution >= 4 is 35.6 Å². The van der Waals surface area contributed by atoms with E-state index < -0.39 is 60.2 Å². The third kappa shape index (κ3) is 8.84. The second kappa shape index (κ2) is 13.3. The molecule has 0 aromatic rings. The van der Waals surface area contributed by atoms with Crippen LogP contribution in [0.5, 0.6) is 0 Å². The summed E-state index contributed by atoms with van der Waals surface area (Å²) in [5, 5.41) is 23.4. The van der Waals surface area contributed by atoms with Crippen LogP contribution < -0.4 is 27.8 Å². The molecule has 192 valence electrons. The predicted octanol–water partition coefficient (Wildman–Crippen LogP) is -2.46. The normalized spacial score (nSPS) is 18.0. The number of hydrogen-bond acceptors (Lipinski definition) is 7. The van der Waals surface area contributed by atoms with Crippen LogP contribution in [0.15, 0.2) is 4.99 Å². The van der Waals surface area contributed by atoms with Crippen LogP contribution in [0, 0.1) is 5.92 Å². The Morgan fingerprint density at radius 2 is 1.68 bits per heavy atom. The Morgan fingerprint density at radius 1 is 1.06 bits per heavy atom. The van der Waals surface area contributed by atoms with E-state index in [0.717, 1.165) is 0 Å². The topological polar surface area (TPSA) is 244 Å². The smallest absolute Gasteiger partial charge is 0.326 e. The number of nitrogens with one attached hydrogen (secondary N) is 2. The van der Waals surface area contributed by atoms with E-state index in [1.807, 2.05) is 0 Å². The molecular weight excluding hydrogens is 450 g/mol. The Hall–Kier alpha value is -3.42. The number of aliphatic carboxylic acids is 2. The number of carboxylic acids is 2. The number of nitrogens with zero attached hydrogens (tertiary/aromatic N) is 2. The maximum Gasteiger partial charge on any atom is 0.326 e. The molecule has 0 bridgehead atoms. The average molecular weight is 486 g/mol. The van der Waals surface area contributed by atoms with Crippen LogP contribution in [0.25, 0.3) is 0 Å². The molecule has 1 heterocycles. The molecule has 0 aromatic carbocycles. The van der Waals surface area contributed by atoms with E-state index >= 15 is 0 Å². The zero-order valence-electron chi connectivity index (χ0n) is 19.4. The van der Waals surface area contributed by atoms with Gasteiger partial charge in [0.2, 0.25) is 17.7 Å². The first-order valence-corrected chi connectivity index (χ1v) is 11.0. The molecular formula is C20H35N7O7. The highest BCUT2D eigenvalue weighted by Crippen LogP contribution is 2.20. The minimum atomic E-state index is -1.49. The van der Waals surface area contributed by atoms with Gasteiger partial charge in [-0.2, -0.15) is 0 Å². The van der Waals surface area contributed by atoms with Crippen LogP contribution >= 0.6 is 0 Å². The predicted molar refractivity (Wildman–Crippen MR) is 121 cm³/mol. The lowest BCUT2D eigenvalue weighted by Gasteiger charge is -2.29. The third-order valence-electron chi connectivity index (χ3n) is 5.41. The van der Waals surface area contributed by atoms with E-state index in [0.29, 0.717) is 6.42 Å². The van der Waals surface area contributed by atoms with Gasteiger partial charge in [-0.1, -0.05) is 13.8 Å². The highest BCUT2D eigenvalue weighted by atomic mass is 16.4. The molecule has 14 nitrogen and oxygen atoms in total.